The number of hydrogen-bond donors (Lipinski definition) is 2. The second-order valence-corrected chi connectivity index (χ2v) is 5.21. The maximum Gasteiger partial charge on any atom is 0.0823 e. The van der Waals surface area contributed by atoms with Gasteiger partial charge in [0.15, 0.2) is 0 Å². The smallest absolute Gasteiger partial charge is 0.0823 e. The summed E-state index contributed by atoms with van der Waals surface area (Å²) in [6.45, 7) is 3.72. The number of aliphatic hydroxyl groups is 1. The molecule has 2 rings (SSSR count). The molecule has 1 aliphatic heterocycles. The third-order valence-corrected chi connectivity index (χ3v) is 3.98. The minimum Gasteiger partial charge on any atom is -0.388 e. The van der Waals surface area contributed by atoms with E-state index in [4.69, 9.17) is 0 Å². The lowest BCUT2D eigenvalue weighted by Gasteiger charge is -2.22. The van der Waals surface area contributed by atoms with Gasteiger partial charge in [-0.3, -0.25) is 0 Å². The van der Waals surface area contributed by atoms with E-state index in [-0.39, 0.29) is 0 Å². The van der Waals surface area contributed by atoms with Crippen molar-refractivity contribution in [2.24, 2.45) is 0 Å². The highest BCUT2D eigenvalue weighted by atomic mass is 79.9. The Kier molecular flexibility index (Phi) is 3.14. The van der Waals surface area contributed by atoms with Crippen LogP contribution >= 0.6 is 15.9 Å². The second kappa shape index (κ2) is 4.24. The van der Waals surface area contributed by atoms with Crippen LogP contribution < -0.4 is 5.32 Å². The van der Waals surface area contributed by atoms with Gasteiger partial charge in [0.1, 0.15) is 0 Å². The minimum absolute atomic E-state index is 0.550. The monoisotopic (exact) mass is 269 g/mol. The highest BCUT2D eigenvalue weighted by Gasteiger charge is 2.31. The Morgan fingerprint density at radius 3 is 3.00 bits per heavy atom. The lowest BCUT2D eigenvalue weighted by Crippen LogP contribution is -2.34. The molecule has 0 saturated carbocycles. The van der Waals surface area contributed by atoms with Crippen LogP contribution in [0, 0.1) is 6.92 Å². The number of nitrogens with one attached hydrogen (secondary N) is 1. The average Bonchev–Trinajstić information content (AvgIpc) is 2.60. The van der Waals surface area contributed by atoms with E-state index in [9.17, 15) is 5.11 Å². The van der Waals surface area contributed by atoms with E-state index < -0.39 is 5.60 Å². The summed E-state index contributed by atoms with van der Waals surface area (Å²) in [6.07, 6.45) is 1.59. The first-order valence-electron chi connectivity index (χ1n) is 5.28. The zero-order chi connectivity index (χ0) is 10.9. The van der Waals surface area contributed by atoms with Crippen molar-refractivity contribution in [2.75, 3.05) is 13.1 Å². The molecule has 0 aliphatic carbocycles. The van der Waals surface area contributed by atoms with Crippen molar-refractivity contribution < 1.29 is 5.11 Å². The molecule has 0 bridgehead atoms. The average molecular weight is 270 g/mol. The number of hydrogen-bond acceptors (Lipinski definition) is 2. The highest BCUT2D eigenvalue weighted by Crippen LogP contribution is 2.25. The molecule has 0 radical (unpaired) electrons. The van der Waals surface area contributed by atoms with E-state index in [0.29, 0.717) is 6.54 Å². The molecule has 15 heavy (non-hydrogen) atoms. The molecule has 82 valence electrons. The van der Waals surface area contributed by atoms with Gasteiger partial charge >= 0.3 is 0 Å². The summed E-state index contributed by atoms with van der Waals surface area (Å²) >= 11 is 3.52. The van der Waals surface area contributed by atoms with Crippen LogP contribution in [-0.2, 0) is 6.42 Å². The molecule has 1 unspecified atom stereocenters. The van der Waals surface area contributed by atoms with Gasteiger partial charge in [0, 0.05) is 17.4 Å². The van der Waals surface area contributed by atoms with Gasteiger partial charge in [-0.05, 0) is 37.1 Å². The van der Waals surface area contributed by atoms with Crippen LogP contribution in [0.15, 0.2) is 22.7 Å². The maximum atomic E-state index is 10.3. The van der Waals surface area contributed by atoms with Crippen LogP contribution in [0.2, 0.25) is 0 Å². The van der Waals surface area contributed by atoms with Gasteiger partial charge in [0.2, 0.25) is 0 Å². The molecule has 0 aromatic heterocycles. The fourth-order valence-corrected chi connectivity index (χ4v) is 2.49. The molecule has 0 spiro atoms. The Labute approximate surface area is 98.8 Å². The van der Waals surface area contributed by atoms with E-state index >= 15 is 0 Å². The normalized spacial score (nSPS) is 25.8. The molecule has 2 nitrogen and oxygen atoms in total. The van der Waals surface area contributed by atoms with Gasteiger partial charge in [0.25, 0.3) is 0 Å². The number of β-amino-alcohol motifs (C(OH)–C–C–N with tert-alkyl or cyclic N) is 1. The van der Waals surface area contributed by atoms with E-state index in [1.165, 1.54) is 11.1 Å². The molecular weight excluding hydrogens is 254 g/mol. The van der Waals surface area contributed by atoms with Crippen molar-refractivity contribution in [2.45, 2.75) is 25.4 Å². The van der Waals surface area contributed by atoms with Crippen molar-refractivity contribution >= 4 is 15.9 Å². The first kappa shape index (κ1) is 11.1. The van der Waals surface area contributed by atoms with Crippen LogP contribution in [0.3, 0.4) is 0 Å². The standard InChI is InChI=1S/C12H16BrNO/c1-9-10(3-2-4-11(9)13)7-12(15)5-6-14-8-12/h2-4,14-15H,5-8H2,1H3. The first-order chi connectivity index (χ1) is 7.11. The zero-order valence-corrected chi connectivity index (χ0v) is 10.5. The van der Waals surface area contributed by atoms with Crippen molar-refractivity contribution in [1.29, 1.82) is 0 Å². The highest BCUT2D eigenvalue weighted by molar-refractivity contribution is 9.10. The molecule has 1 aromatic rings. The van der Waals surface area contributed by atoms with Crippen LogP contribution in [-0.4, -0.2) is 23.8 Å². The molecular formula is C12H16BrNO. The van der Waals surface area contributed by atoms with Gasteiger partial charge in [0.05, 0.1) is 5.60 Å². The summed E-state index contributed by atoms with van der Waals surface area (Å²) < 4.78 is 1.12. The molecule has 2 N–H and O–H groups in total. The predicted molar refractivity (Wildman–Crippen MR) is 65.0 cm³/mol. The summed E-state index contributed by atoms with van der Waals surface area (Å²) in [5, 5.41) is 13.5. The van der Waals surface area contributed by atoms with Gasteiger partial charge in [-0.2, -0.15) is 0 Å². The predicted octanol–water partition coefficient (Wildman–Crippen LogP) is 2.02. The third kappa shape index (κ3) is 2.41. The molecule has 0 amide bonds. The maximum absolute atomic E-state index is 10.3. The lowest BCUT2D eigenvalue weighted by molar-refractivity contribution is 0.0617. The largest absolute Gasteiger partial charge is 0.388 e. The topological polar surface area (TPSA) is 32.3 Å². The van der Waals surface area contributed by atoms with Crippen molar-refractivity contribution in [3.63, 3.8) is 0 Å². The lowest BCUT2D eigenvalue weighted by atomic mass is 9.91. The van der Waals surface area contributed by atoms with E-state index in [0.717, 1.165) is 23.9 Å². The van der Waals surface area contributed by atoms with Crippen LogP contribution in [0.4, 0.5) is 0 Å². The minimum atomic E-state index is -0.550. The molecule has 1 saturated heterocycles. The van der Waals surface area contributed by atoms with Crippen LogP contribution in [0.25, 0.3) is 0 Å². The quantitative estimate of drug-likeness (QED) is 0.861. The summed E-state index contributed by atoms with van der Waals surface area (Å²) in [5.41, 5.74) is 1.92. The third-order valence-electron chi connectivity index (χ3n) is 3.12. The Morgan fingerprint density at radius 1 is 1.53 bits per heavy atom. The Balaban J connectivity index is 2.20. The molecule has 1 aliphatic rings. The molecule has 1 fully saturated rings. The molecule has 1 atom stereocenters. The van der Waals surface area contributed by atoms with Gasteiger partial charge < -0.3 is 10.4 Å². The van der Waals surface area contributed by atoms with Gasteiger partial charge in [-0.25, -0.2) is 0 Å². The first-order valence-corrected chi connectivity index (χ1v) is 6.07. The summed E-state index contributed by atoms with van der Waals surface area (Å²) in [7, 11) is 0. The SMILES string of the molecule is Cc1c(Br)cccc1CC1(O)CCNC1. The Bertz CT molecular complexity index is 359. The summed E-state index contributed by atoms with van der Waals surface area (Å²) in [4.78, 5) is 0. The van der Waals surface area contributed by atoms with Crippen molar-refractivity contribution in [1.82, 2.24) is 5.32 Å². The molecule has 1 aromatic carbocycles. The summed E-state index contributed by atoms with van der Waals surface area (Å²) in [5.74, 6) is 0. The molecule has 1 heterocycles. The fraction of sp³-hybridized carbons (Fsp3) is 0.500. The number of rotatable bonds is 2. The fourth-order valence-electron chi connectivity index (χ4n) is 2.08. The van der Waals surface area contributed by atoms with Crippen LogP contribution in [0.5, 0.6) is 0 Å². The number of halogens is 1. The second-order valence-electron chi connectivity index (χ2n) is 4.35. The van der Waals surface area contributed by atoms with E-state index in [2.05, 4.69) is 34.2 Å². The van der Waals surface area contributed by atoms with E-state index in [1.54, 1.807) is 0 Å². The van der Waals surface area contributed by atoms with Gasteiger partial charge in [-0.1, -0.05) is 28.1 Å². The van der Waals surface area contributed by atoms with Crippen molar-refractivity contribution in [3.05, 3.63) is 33.8 Å². The Hall–Kier alpha value is -0.380. The van der Waals surface area contributed by atoms with Gasteiger partial charge in [-0.15, -0.1) is 0 Å². The summed E-state index contributed by atoms with van der Waals surface area (Å²) in [6, 6.07) is 6.16. The van der Waals surface area contributed by atoms with E-state index in [1.807, 2.05) is 12.1 Å². The van der Waals surface area contributed by atoms with Crippen LogP contribution in [0.1, 0.15) is 17.5 Å². The Morgan fingerprint density at radius 2 is 2.33 bits per heavy atom. The zero-order valence-electron chi connectivity index (χ0n) is 8.89. The number of benzene rings is 1. The molecule has 3 heteroatoms. The van der Waals surface area contributed by atoms with Crippen molar-refractivity contribution in [3.8, 4) is 0 Å².